The quantitative estimate of drug-likeness (QED) is 0.589. The lowest BCUT2D eigenvalue weighted by Crippen LogP contribution is -2.02. The predicted octanol–water partition coefficient (Wildman–Crippen LogP) is 4.09. The van der Waals surface area contributed by atoms with Crippen LogP contribution in [-0.2, 0) is 0 Å². The molecule has 0 spiro atoms. The van der Waals surface area contributed by atoms with Gasteiger partial charge in [-0.2, -0.15) is 0 Å². The van der Waals surface area contributed by atoms with Gasteiger partial charge in [-0.05, 0) is 54.7 Å². The summed E-state index contributed by atoms with van der Waals surface area (Å²) in [5, 5.41) is 0. The van der Waals surface area contributed by atoms with E-state index in [1.807, 2.05) is 12.4 Å². The largest absolute Gasteiger partial charge is 0.264 e. The third kappa shape index (κ3) is 1.71. The second-order valence-corrected chi connectivity index (χ2v) is 5.74. The molecule has 0 N–H and O–H groups in total. The van der Waals surface area contributed by atoms with Gasteiger partial charge in [-0.3, -0.25) is 4.98 Å². The van der Waals surface area contributed by atoms with E-state index < -0.39 is 0 Å². The van der Waals surface area contributed by atoms with E-state index in [-0.39, 0.29) is 0 Å². The summed E-state index contributed by atoms with van der Waals surface area (Å²) in [6.07, 6.45) is 9.46. The number of hydrogen-bond donors (Lipinski definition) is 0. The molecule has 2 aliphatic rings. The summed E-state index contributed by atoms with van der Waals surface area (Å²) in [7, 11) is 0. The summed E-state index contributed by atoms with van der Waals surface area (Å²) in [5.74, 6) is 1.68. The van der Waals surface area contributed by atoms with Crippen molar-refractivity contribution < 1.29 is 0 Å². The van der Waals surface area contributed by atoms with Gasteiger partial charge in [0, 0.05) is 16.8 Å². The minimum absolute atomic E-state index is 0.782. The smallest absolute Gasteiger partial charge is 0.0343 e. The topological polar surface area (TPSA) is 12.9 Å². The molecule has 0 aliphatic heterocycles. The van der Waals surface area contributed by atoms with Crippen molar-refractivity contribution in [3.05, 3.63) is 35.7 Å². The van der Waals surface area contributed by atoms with Crippen LogP contribution in [-0.4, -0.2) is 9.41 Å². The van der Waals surface area contributed by atoms with Gasteiger partial charge < -0.3 is 0 Å². The van der Waals surface area contributed by atoms with Gasteiger partial charge in [0.15, 0.2) is 0 Å². The molecule has 16 heavy (non-hydrogen) atoms. The maximum atomic E-state index is 4.28. The maximum Gasteiger partial charge on any atom is 0.0343 e. The molecule has 2 heteroatoms. The van der Waals surface area contributed by atoms with E-state index >= 15 is 0 Å². The first-order valence-electron chi connectivity index (χ1n) is 6.09. The number of aromatic nitrogens is 1. The first-order chi connectivity index (χ1) is 7.90. The fourth-order valence-electron chi connectivity index (χ4n) is 3.34. The molecule has 2 aliphatic carbocycles. The second-order valence-electron chi connectivity index (χ2n) is 4.86. The van der Waals surface area contributed by atoms with Crippen LogP contribution in [0, 0.1) is 11.8 Å². The maximum absolute atomic E-state index is 4.28. The zero-order chi connectivity index (χ0) is 11.0. The minimum Gasteiger partial charge on any atom is -0.264 e. The molecule has 1 fully saturated rings. The normalized spacial score (nSPS) is 28.6. The Morgan fingerprint density at radius 1 is 1.44 bits per heavy atom. The molecule has 0 amide bonds. The molecule has 1 heterocycles. The molecule has 0 radical (unpaired) electrons. The van der Waals surface area contributed by atoms with Gasteiger partial charge in [-0.1, -0.05) is 34.2 Å². The second kappa shape index (κ2) is 4.47. The Hall–Kier alpha value is -0.380. The molecule has 1 aromatic rings. The van der Waals surface area contributed by atoms with E-state index in [1.54, 1.807) is 11.1 Å². The highest BCUT2D eigenvalue weighted by molar-refractivity contribution is 14.1. The van der Waals surface area contributed by atoms with Crippen molar-refractivity contribution in [2.24, 2.45) is 11.8 Å². The van der Waals surface area contributed by atoms with Crippen molar-refractivity contribution in [3.63, 3.8) is 0 Å². The van der Waals surface area contributed by atoms with Crippen LogP contribution in [0.25, 0.3) is 5.57 Å². The number of alkyl halides is 1. The first-order valence-corrected chi connectivity index (χ1v) is 7.62. The highest BCUT2D eigenvalue weighted by Crippen LogP contribution is 2.50. The fraction of sp³-hybridized carbons (Fsp3) is 0.500. The van der Waals surface area contributed by atoms with E-state index in [9.17, 15) is 0 Å². The van der Waals surface area contributed by atoms with Crippen LogP contribution in [0.5, 0.6) is 0 Å². The summed E-state index contributed by atoms with van der Waals surface area (Å²) < 4.78 is 1.25. The number of pyridine rings is 1. The van der Waals surface area contributed by atoms with Crippen LogP contribution in [0.1, 0.15) is 31.2 Å². The minimum atomic E-state index is 0.782. The monoisotopic (exact) mass is 325 g/mol. The van der Waals surface area contributed by atoms with Gasteiger partial charge in [0.05, 0.1) is 0 Å². The summed E-state index contributed by atoms with van der Waals surface area (Å²) in [5.41, 5.74) is 4.78. The van der Waals surface area contributed by atoms with Gasteiger partial charge in [-0.15, -0.1) is 0 Å². The van der Waals surface area contributed by atoms with Crippen LogP contribution in [0.3, 0.4) is 0 Å². The summed E-state index contributed by atoms with van der Waals surface area (Å²) in [6, 6.07) is 4.30. The summed E-state index contributed by atoms with van der Waals surface area (Å²) in [6.45, 7) is 0. The Balaban J connectivity index is 2.05. The number of hydrogen-bond acceptors (Lipinski definition) is 1. The standard InChI is InChI=1S/C14H16IN/c15-8-12-7-10-3-1-5-13(10)14(12)11-4-2-6-16-9-11/h2,4,6,9-10,12H,1,3,5,7-8H2/t10-,12-/m0/s1. The van der Waals surface area contributed by atoms with Crippen molar-refractivity contribution in [1.82, 2.24) is 4.98 Å². The Bertz CT molecular complexity index is 410. The number of allylic oxidation sites excluding steroid dienone is 2. The van der Waals surface area contributed by atoms with E-state index in [4.69, 9.17) is 0 Å². The first kappa shape index (κ1) is 10.8. The molecule has 3 rings (SSSR count). The van der Waals surface area contributed by atoms with Crippen LogP contribution >= 0.6 is 22.6 Å². The van der Waals surface area contributed by atoms with Gasteiger partial charge in [-0.25, -0.2) is 0 Å². The third-order valence-electron chi connectivity index (χ3n) is 3.97. The molecular weight excluding hydrogens is 309 g/mol. The van der Waals surface area contributed by atoms with Gasteiger partial charge >= 0.3 is 0 Å². The molecule has 0 unspecified atom stereocenters. The van der Waals surface area contributed by atoms with Crippen LogP contribution < -0.4 is 0 Å². The Morgan fingerprint density at radius 2 is 2.38 bits per heavy atom. The zero-order valence-corrected chi connectivity index (χ0v) is 11.5. The van der Waals surface area contributed by atoms with Gasteiger partial charge in [0.1, 0.15) is 0 Å². The highest BCUT2D eigenvalue weighted by atomic mass is 127. The van der Waals surface area contributed by atoms with Crippen molar-refractivity contribution in [1.29, 1.82) is 0 Å². The average Bonchev–Trinajstić information content (AvgIpc) is 2.89. The lowest BCUT2D eigenvalue weighted by Gasteiger charge is -2.13. The highest BCUT2D eigenvalue weighted by Gasteiger charge is 2.35. The van der Waals surface area contributed by atoms with E-state index in [2.05, 4.69) is 39.7 Å². The lowest BCUT2D eigenvalue weighted by molar-refractivity contribution is 0.549. The molecule has 0 saturated heterocycles. The molecule has 84 valence electrons. The van der Waals surface area contributed by atoms with Crippen LogP contribution in [0.4, 0.5) is 0 Å². The fourth-order valence-corrected chi connectivity index (χ4v) is 4.14. The van der Waals surface area contributed by atoms with Gasteiger partial charge in [0.2, 0.25) is 0 Å². The molecular formula is C14H16IN. The van der Waals surface area contributed by atoms with Crippen molar-refractivity contribution >= 4 is 28.2 Å². The SMILES string of the molecule is IC[C@@H]1C[C@@H]2CCCC2=C1c1cccnc1. The van der Waals surface area contributed by atoms with Crippen molar-refractivity contribution in [2.45, 2.75) is 25.7 Å². The molecule has 1 saturated carbocycles. The van der Waals surface area contributed by atoms with E-state index in [0.29, 0.717) is 0 Å². The molecule has 1 aromatic heterocycles. The van der Waals surface area contributed by atoms with Crippen molar-refractivity contribution in [2.75, 3.05) is 4.43 Å². The Kier molecular flexibility index (Phi) is 3.01. The molecule has 1 nitrogen and oxygen atoms in total. The molecule has 0 bridgehead atoms. The predicted molar refractivity (Wildman–Crippen MR) is 75.5 cm³/mol. The van der Waals surface area contributed by atoms with Crippen molar-refractivity contribution in [3.8, 4) is 0 Å². The third-order valence-corrected chi connectivity index (χ3v) is 5.04. The lowest BCUT2D eigenvalue weighted by atomic mass is 9.95. The molecule has 0 aromatic carbocycles. The Morgan fingerprint density at radius 3 is 3.12 bits per heavy atom. The van der Waals surface area contributed by atoms with E-state index in [0.717, 1.165) is 11.8 Å². The number of rotatable bonds is 2. The zero-order valence-electron chi connectivity index (χ0n) is 9.32. The van der Waals surface area contributed by atoms with E-state index in [1.165, 1.54) is 35.7 Å². The summed E-state index contributed by atoms with van der Waals surface area (Å²) in [4.78, 5) is 4.28. The number of nitrogens with zero attached hydrogens (tertiary/aromatic N) is 1. The summed E-state index contributed by atoms with van der Waals surface area (Å²) >= 11 is 2.54. The number of halogens is 1. The molecule has 2 atom stereocenters. The Labute approximate surface area is 110 Å². The van der Waals surface area contributed by atoms with Crippen LogP contribution in [0.15, 0.2) is 30.1 Å². The van der Waals surface area contributed by atoms with Crippen LogP contribution in [0.2, 0.25) is 0 Å². The van der Waals surface area contributed by atoms with Gasteiger partial charge in [0.25, 0.3) is 0 Å². The average molecular weight is 325 g/mol. The number of fused-ring (bicyclic) bond motifs is 1.